The summed E-state index contributed by atoms with van der Waals surface area (Å²) < 4.78 is 0. The van der Waals surface area contributed by atoms with Crippen molar-refractivity contribution in [1.29, 1.82) is 0 Å². The van der Waals surface area contributed by atoms with Gasteiger partial charge in [-0.05, 0) is 56.9 Å². The minimum absolute atomic E-state index is 0.0842. The van der Waals surface area contributed by atoms with Gasteiger partial charge in [0.25, 0.3) is 0 Å². The van der Waals surface area contributed by atoms with Gasteiger partial charge >= 0.3 is 6.03 Å². The molecule has 0 radical (unpaired) electrons. The third-order valence-electron chi connectivity index (χ3n) is 4.35. The predicted octanol–water partition coefficient (Wildman–Crippen LogP) is 3.92. The molecule has 3 N–H and O–H groups in total. The van der Waals surface area contributed by atoms with Gasteiger partial charge in [-0.1, -0.05) is 42.0 Å². The molecule has 2 aromatic rings. The van der Waals surface area contributed by atoms with Crippen molar-refractivity contribution in [3.05, 3.63) is 64.2 Å². The van der Waals surface area contributed by atoms with Crippen LogP contribution in [0.15, 0.2) is 36.4 Å². The van der Waals surface area contributed by atoms with Crippen LogP contribution in [-0.4, -0.2) is 18.5 Å². The van der Waals surface area contributed by atoms with E-state index in [1.165, 1.54) is 0 Å². The number of rotatable bonds is 5. The Balaban J connectivity index is 1.87. The zero-order chi connectivity index (χ0) is 19.3. The number of nitrogens with one attached hydrogen (secondary N) is 3. The van der Waals surface area contributed by atoms with Crippen LogP contribution in [0.4, 0.5) is 10.5 Å². The van der Waals surface area contributed by atoms with Crippen LogP contribution in [0.3, 0.4) is 0 Å². The smallest absolute Gasteiger partial charge is 0.315 e. The van der Waals surface area contributed by atoms with Crippen LogP contribution in [-0.2, 0) is 4.79 Å². The second kappa shape index (κ2) is 8.52. The Hall–Kier alpha value is -2.82. The molecule has 0 spiro atoms. The number of carbonyl (C=O) groups is 2. The molecule has 0 saturated heterocycles. The third kappa shape index (κ3) is 5.09. The van der Waals surface area contributed by atoms with E-state index in [2.05, 4.69) is 16.0 Å². The predicted molar refractivity (Wildman–Crippen MR) is 105 cm³/mol. The van der Waals surface area contributed by atoms with Gasteiger partial charge in [0.15, 0.2) is 0 Å². The highest BCUT2D eigenvalue weighted by atomic mass is 16.2. The molecule has 0 aliphatic heterocycles. The van der Waals surface area contributed by atoms with Gasteiger partial charge < -0.3 is 16.0 Å². The van der Waals surface area contributed by atoms with Crippen LogP contribution < -0.4 is 16.0 Å². The van der Waals surface area contributed by atoms with Gasteiger partial charge in [-0.2, -0.15) is 0 Å². The van der Waals surface area contributed by atoms with Crippen LogP contribution >= 0.6 is 0 Å². The molecule has 0 aromatic heterocycles. The maximum atomic E-state index is 12.2. The first-order valence-electron chi connectivity index (χ1n) is 8.75. The van der Waals surface area contributed by atoms with Gasteiger partial charge in [0.05, 0.1) is 12.6 Å². The van der Waals surface area contributed by atoms with Crippen molar-refractivity contribution in [2.24, 2.45) is 0 Å². The minimum Gasteiger partial charge on any atom is -0.332 e. The fraction of sp³-hybridized carbons (Fsp3) is 0.333. The topological polar surface area (TPSA) is 70.2 Å². The molecule has 5 heteroatoms. The molecular weight excluding hydrogens is 326 g/mol. The van der Waals surface area contributed by atoms with Gasteiger partial charge in [-0.3, -0.25) is 4.79 Å². The van der Waals surface area contributed by atoms with Gasteiger partial charge in [0, 0.05) is 5.69 Å². The minimum atomic E-state index is -0.367. The van der Waals surface area contributed by atoms with Gasteiger partial charge in [-0.15, -0.1) is 0 Å². The van der Waals surface area contributed by atoms with E-state index in [0.717, 1.165) is 33.5 Å². The maximum Gasteiger partial charge on any atom is 0.315 e. The first kappa shape index (κ1) is 19.5. The number of hydrogen-bond donors (Lipinski definition) is 3. The summed E-state index contributed by atoms with van der Waals surface area (Å²) in [5.41, 5.74) is 6.14. The highest BCUT2D eigenvalue weighted by molar-refractivity contribution is 5.95. The number of urea groups is 1. The summed E-state index contributed by atoms with van der Waals surface area (Å²) in [6.07, 6.45) is 0. The fourth-order valence-electron chi connectivity index (χ4n) is 3.12. The highest BCUT2D eigenvalue weighted by Gasteiger charge is 2.13. The second-order valence-corrected chi connectivity index (χ2v) is 6.73. The van der Waals surface area contributed by atoms with E-state index in [4.69, 9.17) is 0 Å². The van der Waals surface area contributed by atoms with E-state index in [9.17, 15) is 9.59 Å². The Morgan fingerprint density at radius 2 is 1.58 bits per heavy atom. The summed E-state index contributed by atoms with van der Waals surface area (Å²) in [5, 5.41) is 8.34. The van der Waals surface area contributed by atoms with Gasteiger partial charge in [0.1, 0.15) is 0 Å². The normalized spacial score (nSPS) is 11.6. The van der Waals surface area contributed by atoms with E-state index in [1.807, 2.05) is 71.0 Å². The maximum absolute atomic E-state index is 12.2. The molecule has 0 fully saturated rings. The van der Waals surface area contributed by atoms with Crippen molar-refractivity contribution < 1.29 is 9.59 Å². The summed E-state index contributed by atoms with van der Waals surface area (Å²) in [6, 6.07) is 11.4. The molecule has 0 saturated carbocycles. The molecule has 0 heterocycles. The van der Waals surface area contributed by atoms with Crippen LogP contribution in [0, 0.1) is 27.7 Å². The van der Waals surface area contributed by atoms with Crippen LogP contribution in [0.2, 0.25) is 0 Å². The lowest BCUT2D eigenvalue weighted by molar-refractivity contribution is -0.115. The standard InChI is InChI=1S/C21H27N3O2/c1-13-10-15(3)20(16(4)11-13)24-19(25)12-22-21(26)23-17(5)18-9-7-6-8-14(18)2/h6-11,17H,12H2,1-5H3,(H,24,25)(H2,22,23,26). The largest absolute Gasteiger partial charge is 0.332 e. The Labute approximate surface area is 155 Å². The second-order valence-electron chi connectivity index (χ2n) is 6.73. The highest BCUT2D eigenvalue weighted by Crippen LogP contribution is 2.21. The molecule has 0 bridgehead atoms. The zero-order valence-corrected chi connectivity index (χ0v) is 16.1. The lowest BCUT2D eigenvalue weighted by Crippen LogP contribution is -2.41. The summed E-state index contributed by atoms with van der Waals surface area (Å²) in [4.78, 5) is 24.2. The Morgan fingerprint density at radius 3 is 2.19 bits per heavy atom. The van der Waals surface area contributed by atoms with Gasteiger partial charge in [-0.25, -0.2) is 4.79 Å². The van der Waals surface area contributed by atoms with Gasteiger partial charge in [0.2, 0.25) is 5.91 Å². The molecule has 26 heavy (non-hydrogen) atoms. The number of anilines is 1. The molecule has 3 amide bonds. The van der Waals surface area contributed by atoms with Crippen molar-refractivity contribution in [3.63, 3.8) is 0 Å². The number of aryl methyl sites for hydroxylation is 4. The SMILES string of the molecule is Cc1cc(C)c(NC(=O)CNC(=O)NC(C)c2ccccc2C)c(C)c1. The molecule has 5 nitrogen and oxygen atoms in total. The van der Waals surface area contributed by atoms with Crippen molar-refractivity contribution in [2.45, 2.75) is 40.7 Å². The number of hydrogen-bond acceptors (Lipinski definition) is 2. The van der Waals surface area contributed by atoms with Crippen LogP contribution in [0.5, 0.6) is 0 Å². The monoisotopic (exact) mass is 353 g/mol. The molecule has 0 aliphatic carbocycles. The van der Waals surface area contributed by atoms with E-state index in [0.29, 0.717) is 0 Å². The Morgan fingerprint density at radius 1 is 0.962 bits per heavy atom. The van der Waals surface area contributed by atoms with E-state index in [1.54, 1.807) is 0 Å². The average Bonchev–Trinajstić information content (AvgIpc) is 2.56. The summed E-state index contributed by atoms with van der Waals surface area (Å²) in [6.45, 7) is 9.78. The molecule has 0 aliphatic rings. The number of carbonyl (C=O) groups excluding carboxylic acids is 2. The average molecular weight is 353 g/mol. The molecule has 2 aromatic carbocycles. The summed E-state index contributed by atoms with van der Waals surface area (Å²) in [5.74, 6) is -0.251. The van der Waals surface area contributed by atoms with Crippen LogP contribution in [0.25, 0.3) is 0 Å². The van der Waals surface area contributed by atoms with Crippen molar-refractivity contribution in [2.75, 3.05) is 11.9 Å². The lowest BCUT2D eigenvalue weighted by atomic mass is 10.0. The van der Waals surface area contributed by atoms with Crippen molar-refractivity contribution >= 4 is 17.6 Å². The lowest BCUT2D eigenvalue weighted by Gasteiger charge is -2.17. The first-order chi connectivity index (χ1) is 12.3. The molecule has 138 valence electrons. The number of amides is 3. The quantitative estimate of drug-likeness (QED) is 0.762. The zero-order valence-electron chi connectivity index (χ0n) is 16.1. The first-order valence-corrected chi connectivity index (χ1v) is 8.75. The molecule has 1 atom stereocenters. The van der Waals surface area contributed by atoms with Crippen LogP contribution in [0.1, 0.15) is 40.8 Å². The van der Waals surface area contributed by atoms with E-state index < -0.39 is 0 Å². The van der Waals surface area contributed by atoms with E-state index >= 15 is 0 Å². The Kier molecular flexibility index (Phi) is 6.39. The third-order valence-corrected chi connectivity index (χ3v) is 4.35. The summed E-state index contributed by atoms with van der Waals surface area (Å²) in [7, 11) is 0. The number of benzene rings is 2. The summed E-state index contributed by atoms with van der Waals surface area (Å²) >= 11 is 0. The van der Waals surface area contributed by atoms with E-state index in [-0.39, 0.29) is 24.5 Å². The molecular formula is C21H27N3O2. The Bertz CT molecular complexity index is 792. The fourth-order valence-corrected chi connectivity index (χ4v) is 3.12. The molecule has 1 unspecified atom stereocenters. The molecule has 2 rings (SSSR count). The van der Waals surface area contributed by atoms with Crippen molar-refractivity contribution in [3.8, 4) is 0 Å². The van der Waals surface area contributed by atoms with Crippen molar-refractivity contribution in [1.82, 2.24) is 10.6 Å².